The molecule has 0 radical (unpaired) electrons. The first-order chi connectivity index (χ1) is 9.29. The lowest BCUT2D eigenvalue weighted by molar-refractivity contribution is -0.121. The summed E-state index contributed by atoms with van der Waals surface area (Å²) in [6.07, 6.45) is 5.79. The summed E-state index contributed by atoms with van der Waals surface area (Å²) in [4.78, 5) is 19.9. The maximum atomic E-state index is 11.3. The van der Waals surface area contributed by atoms with E-state index in [9.17, 15) is 4.79 Å². The van der Waals surface area contributed by atoms with Crippen LogP contribution in [-0.2, 0) is 11.2 Å². The van der Waals surface area contributed by atoms with E-state index in [4.69, 9.17) is 0 Å². The first-order valence-corrected chi connectivity index (χ1v) is 7.29. The zero-order valence-corrected chi connectivity index (χ0v) is 11.7. The molecule has 1 amide bonds. The van der Waals surface area contributed by atoms with Crippen LogP contribution in [0.15, 0.2) is 29.9 Å². The third kappa shape index (κ3) is 4.13. The molecule has 0 aliphatic carbocycles. The summed E-state index contributed by atoms with van der Waals surface area (Å²) in [5.74, 6) is 0.119. The Balaban J connectivity index is 1.86. The van der Waals surface area contributed by atoms with Crippen LogP contribution in [0, 0.1) is 0 Å². The average Bonchev–Trinajstić information content (AvgIpc) is 2.89. The van der Waals surface area contributed by atoms with Crippen LogP contribution in [0.25, 0.3) is 11.3 Å². The zero-order valence-electron chi connectivity index (χ0n) is 10.9. The number of rotatable bonds is 6. The molecule has 1 N–H and O–H groups in total. The van der Waals surface area contributed by atoms with Crippen LogP contribution in [-0.4, -0.2) is 22.4 Å². The normalized spacial score (nSPS) is 10.4. The highest BCUT2D eigenvalue weighted by Gasteiger charge is 2.05. The summed E-state index contributed by atoms with van der Waals surface area (Å²) < 4.78 is 0. The zero-order chi connectivity index (χ0) is 13.5. The van der Waals surface area contributed by atoms with Gasteiger partial charge in [-0.15, -0.1) is 11.3 Å². The molecule has 100 valence electrons. The van der Waals surface area contributed by atoms with E-state index in [0.29, 0.717) is 13.0 Å². The first-order valence-electron chi connectivity index (χ1n) is 6.41. The molecule has 0 aliphatic rings. The minimum absolute atomic E-state index is 0.119. The number of thiazole rings is 1. The number of pyridine rings is 1. The van der Waals surface area contributed by atoms with Crippen molar-refractivity contribution >= 4 is 17.2 Å². The van der Waals surface area contributed by atoms with Crippen LogP contribution in [0.1, 0.15) is 24.8 Å². The second-order valence-electron chi connectivity index (χ2n) is 4.21. The summed E-state index contributed by atoms with van der Waals surface area (Å²) in [7, 11) is 0. The van der Waals surface area contributed by atoms with Gasteiger partial charge in [0.1, 0.15) is 0 Å². The number of hydrogen-bond donors (Lipinski definition) is 1. The maximum Gasteiger partial charge on any atom is 0.219 e. The first kappa shape index (κ1) is 13.7. The molecule has 0 aliphatic heterocycles. The molecular formula is C14H17N3OS. The van der Waals surface area contributed by atoms with Crippen molar-refractivity contribution in [3.05, 3.63) is 34.9 Å². The summed E-state index contributed by atoms with van der Waals surface area (Å²) >= 11 is 1.63. The van der Waals surface area contributed by atoms with Crippen molar-refractivity contribution in [2.75, 3.05) is 6.54 Å². The summed E-state index contributed by atoms with van der Waals surface area (Å²) in [6.45, 7) is 2.66. The molecule has 19 heavy (non-hydrogen) atoms. The van der Waals surface area contributed by atoms with E-state index < -0.39 is 0 Å². The van der Waals surface area contributed by atoms with Gasteiger partial charge in [0.25, 0.3) is 0 Å². The van der Waals surface area contributed by atoms with Crippen molar-refractivity contribution in [3.8, 4) is 11.3 Å². The van der Waals surface area contributed by atoms with Gasteiger partial charge < -0.3 is 5.32 Å². The smallest absolute Gasteiger partial charge is 0.219 e. The van der Waals surface area contributed by atoms with Gasteiger partial charge in [-0.3, -0.25) is 9.78 Å². The van der Waals surface area contributed by atoms with E-state index in [1.165, 1.54) is 0 Å². The minimum Gasteiger partial charge on any atom is -0.356 e. The lowest BCUT2D eigenvalue weighted by Gasteiger charge is -2.01. The lowest BCUT2D eigenvalue weighted by atomic mass is 10.2. The van der Waals surface area contributed by atoms with E-state index in [1.807, 2.05) is 24.4 Å². The molecule has 4 nitrogen and oxygen atoms in total. The van der Waals surface area contributed by atoms with Crippen LogP contribution in [0.4, 0.5) is 0 Å². The fourth-order valence-corrected chi connectivity index (χ4v) is 2.51. The van der Waals surface area contributed by atoms with Gasteiger partial charge in [-0.1, -0.05) is 6.92 Å². The van der Waals surface area contributed by atoms with Crippen molar-refractivity contribution in [2.45, 2.75) is 26.2 Å². The van der Waals surface area contributed by atoms with E-state index >= 15 is 0 Å². The Kier molecular flexibility index (Phi) is 5.03. The van der Waals surface area contributed by atoms with Crippen molar-refractivity contribution < 1.29 is 4.79 Å². The van der Waals surface area contributed by atoms with Gasteiger partial charge >= 0.3 is 0 Å². The second kappa shape index (κ2) is 6.99. The summed E-state index contributed by atoms with van der Waals surface area (Å²) in [6, 6.07) is 3.89. The molecule has 2 aromatic heterocycles. The fourth-order valence-electron chi connectivity index (χ4n) is 1.71. The topological polar surface area (TPSA) is 54.9 Å². The third-order valence-electron chi connectivity index (χ3n) is 2.67. The molecule has 0 fully saturated rings. The van der Waals surface area contributed by atoms with Crippen LogP contribution >= 0.6 is 11.3 Å². The number of carbonyl (C=O) groups excluding carboxylic acids is 1. The highest BCUT2D eigenvalue weighted by molar-refractivity contribution is 7.09. The Morgan fingerprint density at radius 1 is 1.37 bits per heavy atom. The van der Waals surface area contributed by atoms with Gasteiger partial charge in [0.05, 0.1) is 10.7 Å². The molecule has 0 aromatic carbocycles. The molecule has 0 spiro atoms. The predicted molar refractivity (Wildman–Crippen MR) is 77.0 cm³/mol. The highest BCUT2D eigenvalue weighted by atomic mass is 32.1. The lowest BCUT2D eigenvalue weighted by Crippen LogP contribution is -2.25. The van der Waals surface area contributed by atoms with E-state index in [-0.39, 0.29) is 5.91 Å². The van der Waals surface area contributed by atoms with Gasteiger partial charge in [-0.25, -0.2) is 4.98 Å². The monoisotopic (exact) mass is 275 g/mol. The molecule has 2 aromatic rings. The Bertz CT molecular complexity index is 524. The van der Waals surface area contributed by atoms with Crippen LogP contribution in [0.5, 0.6) is 0 Å². The summed E-state index contributed by atoms with van der Waals surface area (Å²) in [5, 5.41) is 5.98. The van der Waals surface area contributed by atoms with Gasteiger partial charge in [0, 0.05) is 42.7 Å². The number of hydrogen-bond acceptors (Lipinski definition) is 4. The van der Waals surface area contributed by atoms with Gasteiger partial charge in [-0.2, -0.15) is 0 Å². The molecule has 0 saturated carbocycles. The molecule has 0 atom stereocenters. The highest BCUT2D eigenvalue weighted by Crippen LogP contribution is 2.21. The van der Waals surface area contributed by atoms with E-state index in [1.54, 1.807) is 23.7 Å². The number of nitrogens with one attached hydrogen (secondary N) is 1. The van der Waals surface area contributed by atoms with E-state index in [2.05, 4.69) is 15.3 Å². The Labute approximate surface area is 116 Å². The number of nitrogens with zero attached hydrogens (tertiary/aromatic N) is 2. The standard InChI is InChI=1S/C14H17N3OS/c1-2-3-13(18)16-9-6-14-17-12(10-19-14)11-4-7-15-8-5-11/h4-5,7-8,10H,2-3,6,9H2,1H3,(H,16,18). The number of aromatic nitrogens is 2. The quantitative estimate of drug-likeness (QED) is 0.881. The van der Waals surface area contributed by atoms with Gasteiger partial charge in [-0.05, 0) is 18.6 Å². The molecule has 0 unspecified atom stereocenters. The number of amides is 1. The van der Waals surface area contributed by atoms with Crippen molar-refractivity contribution in [3.63, 3.8) is 0 Å². The van der Waals surface area contributed by atoms with Crippen LogP contribution < -0.4 is 5.32 Å². The number of carbonyl (C=O) groups is 1. The van der Waals surface area contributed by atoms with Crippen LogP contribution in [0.2, 0.25) is 0 Å². The molecule has 2 heterocycles. The van der Waals surface area contributed by atoms with E-state index in [0.717, 1.165) is 29.1 Å². The van der Waals surface area contributed by atoms with Crippen molar-refractivity contribution in [1.82, 2.24) is 15.3 Å². The molecule has 5 heteroatoms. The Morgan fingerprint density at radius 3 is 2.89 bits per heavy atom. The minimum atomic E-state index is 0.119. The van der Waals surface area contributed by atoms with Crippen LogP contribution in [0.3, 0.4) is 0 Å². The average molecular weight is 275 g/mol. The third-order valence-corrected chi connectivity index (χ3v) is 3.57. The molecular weight excluding hydrogens is 258 g/mol. The molecule has 2 rings (SSSR count). The second-order valence-corrected chi connectivity index (χ2v) is 5.15. The predicted octanol–water partition coefficient (Wildman–Crippen LogP) is 2.66. The Hall–Kier alpha value is -1.75. The van der Waals surface area contributed by atoms with Crippen molar-refractivity contribution in [1.29, 1.82) is 0 Å². The largest absolute Gasteiger partial charge is 0.356 e. The maximum absolute atomic E-state index is 11.3. The van der Waals surface area contributed by atoms with Gasteiger partial charge in [0.2, 0.25) is 5.91 Å². The SMILES string of the molecule is CCCC(=O)NCCc1nc(-c2ccncc2)cs1. The Morgan fingerprint density at radius 2 is 2.16 bits per heavy atom. The van der Waals surface area contributed by atoms with Crippen molar-refractivity contribution in [2.24, 2.45) is 0 Å². The molecule has 0 saturated heterocycles. The summed E-state index contributed by atoms with van der Waals surface area (Å²) in [5.41, 5.74) is 2.05. The molecule has 0 bridgehead atoms. The fraction of sp³-hybridized carbons (Fsp3) is 0.357. The van der Waals surface area contributed by atoms with Gasteiger partial charge in [0.15, 0.2) is 0 Å².